The number of fused-ring (bicyclic) bond motifs is 2. The number of hydrogen-bond donors (Lipinski definition) is 3. The number of methoxy groups -OCH3 is 1. The average molecular weight is 961 g/mol. The molecule has 0 radical (unpaired) electrons. The molecule has 0 aliphatic rings. The van der Waals surface area contributed by atoms with Gasteiger partial charge in [-0.15, -0.1) is 10.2 Å². The fourth-order valence-corrected chi connectivity index (χ4v) is 8.38. The SMILES string of the molecule is COc1ccc(N=Nc2ccc3c(O)c(N=Nc4cc(C)c(N=Nc5ccc(N=Nc6ccc(N=Nc7cc8c(S(=O)(=O)O)cccc8cc7S(=O)(=O)O)c(C)c6)c(C)c5)cc4C)ccc3c2)cc1. The van der Waals surface area contributed by atoms with Gasteiger partial charge in [-0.1, -0.05) is 18.2 Å². The maximum absolute atomic E-state index is 12.2. The summed E-state index contributed by atoms with van der Waals surface area (Å²) in [7, 11) is -7.86. The predicted molar refractivity (Wildman–Crippen MR) is 261 cm³/mol. The third-order valence-electron chi connectivity index (χ3n) is 10.7. The van der Waals surface area contributed by atoms with Crippen molar-refractivity contribution in [2.75, 3.05) is 7.11 Å². The van der Waals surface area contributed by atoms with Crippen molar-refractivity contribution in [1.82, 2.24) is 0 Å². The van der Waals surface area contributed by atoms with Crippen molar-refractivity contribution in [3.63, 3.8) is 0 Å². The number of benzene rings is 8. The zero-order chi connectivity index (χ0) is 49.0. The van der Waals surface area contributed by atoms with Crippen molar-refractivity contribution < 1.29 is 35.8 Å². The van der Waals surface area contributed by atoms with Gasteiger partial charge in [-0.2, -0.15) is 57.7 Å². The van der Waals surface area contributed by atoms with Gasteiger partial charge in [0.05, 0.1) is 52.6 Å². The van der Waals surface area contributed by atoms with E-state index in [1.807, 2.05) is 75.4 Å². The first-order chi connectivity index (χ1) is 32.9. The number of rotatable bonds is 13. The van der Waals surface area contributed by atoms with Crippen LogP contribution in [-0.2, 0) is 20.2 Å². The van der Waals surface area contributed by atoms with Gasteiger partial charge in [0, 0.05) is 10.8 Å². The Balaban J connectivity index is 0.923. The second-order valence-electron chi connectivity index (χ2n) is 15.7. The van der Waals surface area contributed by atoms with Crippen LogP contribution >= 0.6 is 0 Å². The molecule has 0 atom stereocenters. The maximum Gasteiger partial charge on any atom is 0.296 e. The van der Waals surface area contributed by atoms with Crippen LogP contribution in [0.3, 0.4) is 0 Å². The summed E-state index contributed by atoms with van der Waals surface area (Å²) in [6, 6.07) is 36.2. The molecule has 0 saturated heterocycles. The molecule has 0 heterocycles. The molecule has 8 aromatic carbocycles. The van der Waals surface area contributed by atoms with Gasteiger partial charge in [0.15, 0.2) is 5.75 Å². The molecule has 0 spiro atoms. The number of nitrogens with zero attached hydrogens (tertiary/aromatic N) is 10. The topological polar surface area (TPSA) is 262 Å². The number of hydrogen-bond acceptors (Lipinski definition) is 16. The summed E-state index contributed by atoms with van der Waals surface area (Å²) in [6.07, 6.45) is 0. The quantitative estimate of drug-likeness (QED) is 0.0737. The summed E-state index contributed by atoms with van der Waals surface area (Å²) in [5, 5.41) is 55.9. The minimum absolute atomic E-state index is 0.00701. The summed E-state index contributed by atoms with van der Waals surface area (Å²) < 4.78 is 73.2. The van der Waals surface area contributed by atoms with E-state index in [1.54, 1.807) is 62.6 Å². The minimum Gasteiger partial charge on any atom is -0.505 e. The van der Waals surface area contributed by atoms with E-state index in [9.17, 15) is 31.0 Å². The monoisotopic (exact) mass is 960 g/mol. The van der Waals surface area contributed by atoms with Crippen LogP contribution in [0.1, 0.15) is 22.3 Å². The number of phenols is 1. The van der Waals surface area contributed by atoms with Crippen molar-refractivity contribution in [2.45, 2.75) is 37.5 Å². The highest BCUT2D eigenvalue weighted by atomic mass is 32.2. The number of azo groups is 5. The standard InChI is InChI=1S/C49H40N10O8S2/c1-28-21-36(13-19-41(28)54-52-35-14-20-42(29(2)22-35)55-59-46-27-40-32(26-48(46)69(64,65)66)7-6-8-47(40)68(61,62)63)53-57-44-23-31(4)45(24-30(44)3)58-56-43-18-9-33-25-37(12-17-39(33)49(43)60)51-50-34-10-15-38(67-5)16-11-34/h6-27,60H,1-5H3,(H,61,62,63)(H,64,65,66). The zero-order valence-corrected chi connectivity index (χ0v) is 39.0. The molecule has 0 saturated carbocycles. The van der Waals surface area contributed by atoms with Crippen LogP contribution in [0.5, 0.6) is 11.5 Å². The number of ether oxygens (including phenoxy) is 1. The molecular weight excluding hydrogens is 921 g/mol. The summed E-state index contributed by atoms with van der Waals surface area (Å²) in [5.74, 6) is 0.723. The van der Waals surface area contributed by atoms with Crippen molar-refractivity contribution >= 4 is 98.7 Å². The first-order valence-corrected chi connectivity index (χ1v) is 23.6. The highest BCUT2D eigenvalue weighted by Crippen LogP contribution is 2.40. The molecule has 0 amide bonds. The second kappa shape index (κ2) is 19.5. The van der Waals surface area contributed by atoms with E-state index in [4.69, 9.17) is 4.74 Å². The summed E-state index contributed by atoms with van der Waals surface area (Å²) in [5.41, 5.74) is 7.52. The highest BCUT2D eigenvalue weighted by molar-refractivity contribution is 7.86. The summed E-state index contributed by atoms with van der Waals surface area (Å²) >= 11 is 0. The first-order valence-electron chi connectivity index (χ1n) is 20.8. The molecule has 8 rings (SSSR count). The van der Waals surface area contributed by atoms with E-state index < -0.39 is 30.0 Å². The molecule has 0 fully saturated rings. The molecule has 346 valence electrons. The Labute approximate surface area is 395 Å². The number of phenolic OH excluding ortho intramolecular Hbond substituents is 1. The molecule has 20 heteroatoms. The smallest absolute Gasteiger partial charge is 0.296 e. The van der Waals surface area contributed by atoms with Gasteiger partial charge < -0.3 is 9.84 Å². The molecule has 0 aliphatic carbocycles. The fraction of sp³-hybridized carbons (Fsp3) is 0.102. The van der Waals surface area contributed by atoms with Crippen molar-refractivity contribution in [2.24, 2.45) is 51.1 Å². The number of aromatic hydroxyl groups is 1. The first kappa shape index (κ1) is 47.2. The molecule has 0 aliphatic heterocycles. The lowest BCUT2D eigenvalue weighted by atomic mass is 10.1. The van der Waals surface area contributed by atoms with Crippen LogP contribution < -0.4 is 4.74 Å². The van der Waals surface area contributed by atoms with Gasteiger partial charge >= 0.3 is 0 Å². The van der Waals surface area contributed by atoms with Gasteiger partial charge in [0.2, 0.25) is 0 Å². The largest absolute Gasteiger partial charge is 0.505 e. The Kier molecular flexibility index (Phi) is 13.3. The third-order valence-corrected chi connectivity index (χ3v) is 12.5. The van der Waals surface area contributed by atoms with Crippen LogP contribution in [0.25, 0.3) is 21.5 Å². The van der Waals surface area contributed by atoms with E-state index in [0.717, 1.165) is 46.0 Å². The summed E-state index contributed by atoms with van der Waals surface area (Å²) in [4.78, 5) is -1.06. The van der Waals surface area contributed by atoms with Gasteiger partial charge in [0.25, 0.3) is 20.2 Å². The van der Waals surface area contributed by atoms with Gasteiger partial charge in [-0.05, 0) is 176 Å². The van der Waals surface area contributed by atoms with Gasteiger partial charge in [0.1, 0.15) is 26.9 Å². The molecule has 8 aromatic rings. The predicted octanol–water partition coefficient (Wildman–Crippen LogP) is 15.5. The second-order valence-corrected chi connectivity index (χ2v) is 18.4. The molecule has 0 unspecified atom stereocenters. The van der Waals surface area contributed by atoms with Crippen LogP contribution in [-0.4, -0.2) is 38.2 Å². The van der Waals surface area contributed by atoms with E-state index >= 15 is 0 Å². The Morgan fingerprint density at radius 1 is 0.391 bits per heavy atom. The third kappa shape index (κ3) is 11.0. The van der Waals surface area contributed by atoms with Crippen molar-refractivity contribution in [1.29, 1.82) is 0 Å². The molecule has 69 heavy (non-hydrogen) atoms. The van der Waals surface area contributed by atoms with Crippen LogP contribution in [0.4, 0.5) is 56.9 Å². The number of aryl methyl sites for hydroxylation is 4. The average Bonchev–Trinajstić information content (AvgIpc) is 3.32. The van der Waals surface area contributed by atoms with E-state index in [0.29, 0.717) is 62.1 Å². The normalized spacial score (nSPS) is 12.6. The Morgan fingerprint density at radius 3 is 1.43 bits per heavy atom. The Bertz CT molecular complexity index is 3730. The highest BCUT2D eigenvalue weighted by Gasteiger charge is 2.21. The van der Waals surface area contributed by atoms with Gasteiger partial charge in [-0.3, -0.25) is 9.11 Å². The molecule has 0 aromatic heterocycles. The van der Waals surface area contributed by atoms with Crippen molar-refractivity contribution in [3.8, 4) is 11.5 Å². The maximum atomic E-state index is 12.2. The molecule has 3 N–H and O–H groups in total. The van der Waals surface area contributed by atoms with Crippen LogP contribution in [0.15, 0.2) is 194 Å². The fourth-order valence-electron chi connectivity index (χ4n) is 7.04. The minimum atomic E-state index is -4.80. The lowest BCUT2D eigenvalue weighted by Gasteiger charge is -2.08. The van der Waals surface area contributed by atoms with Crippen LogP contribution in [0, 0.1) is 27.7 Å². The lowest BCUT2D eigenvalue weighted by Crippen LogP contribution is -2.01. The van der Waals surface area contributed by atoms with E-state index in [1.165, 1.54) is 12.1 Å². The Morgan fingerprint density at radius 2 is 0.841 bits per heavy atom. The molecule has 0 bridgehead atoms. The van der Waals surface area contributed by atoms with E-state index in [2.05, 4.69) is 51.1 Å². The van der Waals surface area contributed by atoms with E-state index in [-0.39, 0.29) is 22.2 Å². The van der Waals surface area contributed by atoms with Crippen LogP contribution in [0.2, 0.25) is 0 Å². The Hall–Kier alpha value is -8.30. The molecular formula is C49H40N10O8S2. The van der Waals surface area contributed by atoms with Gasteiger partial charge in [-0.25, -0.2) is 0 Å². The molecule has 18 nitrogen and oxygen atoms in total. The zero-order valence-electron chi connectivity index (χ0n) is 37.4. The summed E-state index contributed by atoms with van der Waals surface area (Å²) in [6.45, 7) is 7.38. The van der Waals surface area contributed by atoms with Crippen molar-refractivity contribution in [3.05, 3.63) is 156 Å². The lowest BCUT2D eigenvalue weighted by molar-refractivity contribution is 0.415.